The number of carbonyl (C=O) groups is 1. The molecule has 0 atom stereocenters. The maximum absolute atomic E-state index is 11.5. The van der Waals surface area contributed by atoms with Gasteiger partial charge in [-0.15, -0.1) is 0 Å². The van der Waals surface area contributed by atoms with Crippen LogP contribution in [0.25, 0.3) is 5.53 Å². The molecule has 0 heterocycles. The summed E-state index contributed by atoms with van der Waals surface area (Å²) in [5.41, 5.74) is 8.91. The van der Waals surface area contributed by atoms with Gasteiger partial charge in [-0.1, -0.05) is 26.0 Å². The van der Waals surface area contributed by atoms with Crippen molar-refractivity contribution in [3.05, 3.63) is 34.9 Å². The van der Waals surface area contributed by atoms with Crippen LogP contribution in [0.3, 0.4) is 0 Å². The van der Waals surface area contributed by atoms with Crippen molar-refractivity contribution in [3.8, 4) is 0 Å². The van der Waals surface area contributed by atoms with Gasteiger partial charge in [0.1, 0.15) is 0 Å². The molecule has 7 heteroatoms. The average molecular weight is 267 g/mol. The highest BCUT2D eigenvalue weighted by Gasteiger charge is 2.19. The van der Waals surface area contributed by atoms with Gasteiger partial charge in [0, 0.05) is 5.56 Å². The molecule has 0 aliphatic heterocycles. The Balaban J connectivity index is 3.49. The fourth-order valence-corrected chi connectivity index (χ4v) is 2.46. The summed E-state index contributed by atoms with van der Waals surface area (Å²) < 4.78 is 22.9. The molecule has 2 N–H and O–H groups in total. The molecule has 0 fully saturated rings. The SMILES string of the molecule is CC(C)c1ccc(C(=O)C=[N+]=[N-])cc1S(N)(=O)=O. The van der Waals surface area contributed by atoms with E-state index in [4.69, 9.17) is 10.7 Å². The Labute approximate surface area is 105 Å². The van der Waals surface area contributed by atoms with E-state index in [2.05, 4.69) is 4.79 Å². The van der Waals surface area contributed by atoms with Gasteiger partial charge in [-0.3, -0.25) is 4.79 Å². The molecule has 1 aromatic rings. The zero-order valence-electron chi connectivity index (χ0n) is 9.99. The second-order valence-electron chi connectivity index (χ2n) is 4.06. The Morgan fingerprint density at radius 2 is 2.06 bits per heavy atom. The fraction of sp³-hybridized carbons (Fsp3) is 0.273. The maximum atomic E-state index is 11.5. The number of hydrogen-bond donors (Lipinski definition) is 1. The van der Waals surface area contributed by atoms with Crippen molar-refractivity contribution in [2.24, 2.45) is 5.14 Å². The van der Waals surface area contributed by atoms with Gasteiger partial charge in [0.05, 0.1) is 4.90 Å². The second-order valence-corrected chi connectivity index (χ2v) is 5.59. The number of carbonyl (C=O) groups excluding carboxylic acids is 1. The minimum absolute atomic E-state index is 0.0472. The first-order chi connectivity index (χ1) is 8.27. The van der Waals surface area contributed by atoms with Crippen molar-refractivity contribution in [3.63, 3.8) is 0 Å². The summed E-state index contributed by atoms with van der Waals surface area (Å²) in [7, 11) is -3.91. The van der Waals surface area contributed by atoms with Crippen LogP contribution in [0, 0.1) is 0 Å². The number of benzene rings is 1. The van der Waals surface area contributed by atoms with Gasteiger partial charge in [0.2, 0.25) is 10.0 Å². The van der Waals surface area contributed by atoms with E-state index in [1.54, 1.807) is 0 Å². The first-order valence-corrected chi connectivity index (χ1v) is 6.70. The average Bonchev–Trinajstić information content (AvgIpc) is 2.27. The van der Waals surface area contributed by atoms with Crippen LogP contribution in [0.15, 0.2) is 23.1 Å². The predicted molar refractivity (Wildman–Crippen MR) is 65.9 cm³/mol. The molecule has 0 saturated heterocycles. The molecule has 1 rings (SSSR count). The molecule has 18 heavy (non-hydrogen) atoms. The van der Waals surface area contributed by atoms with E-state index < -0.39 is 15.8 Å². The van der Waals surface area contributed by atoms with E-state index >= 15 is 0 Å². The third-order valence-electron chi connectivity index (χ3n) is 2.40. The number of Topliss-reactive ketones (excluding diaryl/α,β-unsaturated/α-hetero) is 1. The van der Waals surface area contributed by atoms with Crippen LogP contribution in [0.4, 0.5) is 0 Å². The first kappa shape index (κ1) is 14.2. The van der Waals surface area contributed by atoms with Crippen molar-refractivity contribution >= 4 is 22.0 Å². The Morgan fingerprint density at radius 3 is 2.50 bits per heavy atom. The fourth-order valence-electron chi connectivity index (χ4n) is 1.54. The lowest BCUT2D eigenvalue weighted by Gasteiger charge is -2.11. The molecule has 1 aromatic carbocycles. The lowest BCUT2D eigenvalue weighted by Crippen LogP contribution is -2.16. The molecule has 0 saturated carbocycles. The van der Waals surface area contributed by atoms with Crippen molar-refractivity contribution < 1.29 is 18.0 Å². The van der Waals surface area contributed by atoms with Crippen molar-refractivity contribution in [1.82, 2.24) is 0 Å². The predicted octanol–water partition coefficient (Wildman–Crippen LogP) is 0.941. The smallest absolute Gasteiger partial charge is 0.328 e. The number of ketones is 1. The minimum atomic E-state index is -3.91. The zero-order valence-corrected chi connectivity index (χ0v) is 10.8. The number of nitrogens with two attached hydrogens (primary N) is 1. The van der Waals surface area contributed by atoms with E-state index in [0.29, 0.717) is 11.8 Å². The van der Waals surface area contributed by atoms with Crippen LogP contribution in [0.2, 0.25) is 0 Å². The molecular weight excluding hydrogens is 254 g/mol. The van der Waals surface area contributed by atoms with E-state index in [1.165, 1.54) is 18.2 Å². The third-order valence-corrected chi connectivity index (χ3v) is 3.37. The molecule has 0 amide bonds. The molecule has 0 aliphatic rings. The summed E-state index contributed by atoms with van der Waals surface area (Å²) in [5.74, 6) is -0.647. The molecule has 0 aliphatic carbocycles. The number of rotatable bonds is 4. The van der Waals surface area contributed by atoms with E-state index in [-0.39, 0.29) is 16.4 Å². The highest BCUT2D eigenvalue weighted by molar-refractivity contribution is 7.89. The molecule has 0 aromatic heterocycles. The molecular formula is C11H13N3O3S. The van der Waals surface area contributed by atoms with Crippen LogP contribution in [0.1, 0.15) is 35.7 Å². The summed E-state index contributed by atoms with van der Waals surface area (Å²) >= 11 is 0. The number of sulfonamides is 1. The number of nitrogens with zero attached hydrogens (tertiary/aromatic N) is 2. The Bertz CT molecular complexity index is 629. The van der Waals surface area contributed by atoms with Crippen LogP contribution in [-0.2, 0) is 10.0 Å². The first-order valence-electron chi connectivity index (χ1n) is 5.16. The standard InChI is InChI=1S/C11H13N3O3S/c1-7(2)9-4-3-8(10(15)6-14-12)5-11(9)18(13,16)17/h3-7H,1-2H3,(H2,13,16,17). The van der Waals surface area contributed by atoms with E-state index in [1.807, 2.05) is 13.8 Å². The maximum Gasteiger partial charge on any atom is 0.328 e. The van der Waals surface area contributed by atoms with Crippen molar-refractivity contribution in [1.29, 1.82) is 0 Å². The van der Waals surface area contributed by atoms with Crippen LogP contribution >= 0.6 is 0 Å². The highest BCUT2D eigenvalue weighted by Crippen LogP contribution is 2.24. The van der Waals surface area contributed by atoms with Gasteiger partial charge in [-0.25, -0.2) is 13.6 Å². The molecule has 6 nitrogen and oxygen atoms in total. The van der Waals surface area contributed by atoms with Crippen molar-refractivity contribution in [2.45, 2.75) is 24.7 Å². The van der Waals surface area contributed by atoms with Gasteiger partial charge < -0.3 is 5.53 Å². The monoisotopic (exact) mass is 267 g/mol. The van der Waals surface area contributed by atoms with E-state index in [0.717, 1.165) is 0 Å². The molecule has 0 radical (unpaired) electrons. The minimum Gasteiger partial charge on any atom is -0.361 e. The number of hydrogen-bond acceptors (Lipinski definition) is 3. The Hall–Kier alpha value is -1.82. The van der Waals surface area contributed by atoms with E-state index in [9.17, 15) is 13.2 Å². The topological polar surface area (TPSA) is 114 Å². The lowest BCUT2D eigenvalue weighted by atomic mass is 10.0. The van der Waals surface area contributed by atoms with Gasteiger partial charge in [-0.2, -0.15) is 4.79 Å². The van der Waals surface area contributed by atoms with Gasteiger partial charge >= 0.3 is 6.21 Å². The third kappa shape index (κ3) is 3.10. The summed E-state index contributed by atoms with van der Waals surface area (Å²) in [4.78, 5) is 14.0. The molecule has 0 spiro atoms. The van der Waals surface area contributed by atoms with Crippen LogP contribution in [-0.4, -0.2) is 25.2 Å². The molecule has 0 unspecified atom stereocenters. The van der Waals surface area contributed by atoms with Crippen LogP contribution < -0.4 is 5.14 Å². The van der Waals surface area contributed by atoms with Gasteiger partial charge in [0.25, 0.3) is 5.78 Å². The molecule has 0 bridgehead atoms. The Kier molecular flexibility index (Phi) is 4.13. The van der Waals surface area contributed by atoms with Crippen LogP contribution in [0.5, 0.6) is 0 Å². The highest BCUT2D eigenvalue weighted by atomic mass is 32.2. The number of primary sulfonamides is 1. The second kappa shape index (κ2) is 5.22. The molecule has 96 valence electrons. The summed E-state index contributed by atoms with van der Waals surface area (Å²) in [6.07, 6.45) is 0.692. The summed E-state index contributed by atoms with van der Waals surface area (Å²) in [5, 5.41) is 5.12. The van der Waals surface area contributed by atoms with Crippen molar-refractivity contribution in [2.75, 3.05) is 0 Å². The van der Waals surface area contributed by atoms with Gasteiger partial charge in [-0.05, 0) is 17.5 Å². The zero-order chi connectivity index (χ0) is 13.9. The summed E-state index contributed by atoms with van der Waals surface area (Å²) in [6, 6.07) is 4.19. The Morgan fingerprint density at radius 1 is 1.44 bits per heavy atom. The summed E-state index contributed by atoms with van der Waals surface area (Å²) in [6.45, 7) is 3.64. The lowest BCUT2D eigenvalue weighted by molar-refractivity contribution is 0.00234. The quantitative estimate of drug-likeness (QED) is 0.379. The normalized spacial score (nSPS) is 11.1. The van der Waals surface area contributed by atoms with Gasteiger partial charge in [0.15, 0.2) is 0 Å². The largest absolute Gasteiger partial charge is 0.361 e.